The van der Waals surface area contributed by atoms with Gasteiger partial charge in [-0.2, -0.15) is 8.78 Å². The summed E-state index contributed by atoms with van der Waals surface area (Å²) in [6, 6.07) is 6.57. The number of rotatable bonds is 4. The number of ether oxygens (including phenoxy) is 1. The number of hydrogen-bond donors (Lipinski definition) is 0. The number of para-hydroxylation sites is 1. The van der Waals surface area contributed by atoms with E-state index in [9.17, 15) is 8.78 Å². The minimum absolute atomic E-state index is 0.149. The Morgan fingerprint density at radius 3 is 2.81 bits per heavy atom. The summed E-state index contributed by atoms with van der Waals surface area (Å²) in [7, 11) is 0. The van der Waals surface area contributed by atoms with E-state index in [-0.39, 0.29) is 5.75 Å². The summed E-state index contributed by atoms with van der Waals surface area (Å²) in [6.45, 7) is -2.83. The van der Waals surface area contributed by atoms with E-state index in [2.05, 4.69) is 9.72 Å². The topological polar surface area (TPSA) is 35.3 Å². The molecule has 16 heavy (non-hydrogen) atoms. The highest BCUT2D eigenvalue weighted by Gasteiger charge is 2.10. The van der Waals surface area contributed by atoms with Crippen LogP contribution in [-0.2, 0) is 6.42 Å². The highest BCUT2D eigenvalue weighted by Crippen LogP contribution is 2.22. The Morgan fingerprint density at radius 1 is 1.31 bits per heavy atom. The van der Waals surface area contributed by atoms with Gasteiger partial charge in [-0.25, -0.2) is 4.98 Å². The van der Waals surface area contributed by atoms with E-state index in [0.717, 1.165) is 0 Å². The van der Waals surface area contributed by atoms with Crippen molar-refractivity contribution in [2.24, 2.45) is 0 Å². The van der Waals surface area contributed by atoms with E-state index in [1.165, 1.54) is 18.5 Å². The molecule has 2 aromatic rings. The largest absolute Gasteiger partial charge is 0.449 e. The number of halogens is 2. The number of nitrogens with zero attached hydrogens (tertiary/aromatic N) is 1. The fraction of sp³-hybridized carbons (Fsp3) is 0.182. The molecule has 0 fully saturated rings. The normalized spacial score (nSPS) is 10.7. The van der Waals surface area contributed by atoms with Crippen LogP contribution >= 0.6 is 0 Å². The molecule has 0 atom stereocenters. The van der Waals surface area contributed by atoms with Crippen LogP contribution in [0.5, 0.6) is 5.75 Å². The first-order valence-electron chi connectivity index (χ1n) is 4.67. The molecule has 1 aromatic carbocycles. The Bertz CT molecular complexity index is 443. The number of hydrogen-bond acceptors (Lipinski definition) is 3. The Labute approximate surface area is 90.7 Å². The standard InChI is InChI=1S/C11H9F2NO2/c12-11(13)16-9-4-2-1-3-8(9)7-10-14-5-6-15-10/h1-6,11H,7H2. The zero-order chi connectivity index (χ0) is 11.4. The summed E-state index contributed by atoms with van der Waals surface area (Å²) < 4.78 is 33.7. The van der Waals surface area contributed by atoms with Crippen LogP contribution in [0.25, 0.3) is 0 Å². The first-order valence-corrected chi connectivity index (χ1v) is 4.67. The zero-order valence-electron chi connectivity index (χ0n) is 8.27. The van der Waals surface area contributed by atoms with Crippen molar-refractivity contribution in [3.05, 3.63) is 48.2 Å². The molecule has 0 unspecified atom stereocenters. The third-order valence-corrected chi connectivity index (χ3v) is 2.01. The van der Waals surface area contributed by atoms with Crippen molar-refractivity contribution in [3.8, 4) is 5.75 Å². The molecule has 84 valence electrons. The van der Waals surface area contributed by atoms with Crippen molar-refractivity contribution in [2.75, 3.05) is 0 Å². The fourth-order valence-electron chi connectivity index (χ4n) is 1.36. The van der Waals surface area contributed by atoms with Crippen LogP contribution in [0.3, 0.4) is 0 Å². The maximum atomic E-state index is 12.1. The first kappa shape index (κ1) is 10.6. The Morgan fingerprint density at radius 2 is 2.12 bits per heavy atom. The lowest BCUT2D eigenvalue weighted by Gasteiger charge is -2.08. The molecule has 0 bridgehead atoms. The number of oxazole rings is 1. The summed E-state index contributed by atoms with van der Waals surface area (Å²) in [4.78, 5) is 3.92. The molecular formula is C11H9F2NO2. The van der Waals surface area contributed by atoms with Crippen LogP contribution in [0.4, 0.5) is 8.78 Å². The van der Waals surface area contributed by atoms with Gasteiger partial charge in [0.15, 0.2) is 5.89 Å². The molecule has 1 heterocycles. The van der Waals surface area contributed by atoms with E-state index in [1.807, 2.05) is 0 Å². The van der Waals surface area contributed by atoms with Gasteiger partial charge in [0, 0.05) is 5.56 Å². The van der Waals surface area contributed by atoms with Crippen LogP contribution in [-0.4, -0.2) is 11.6 Å². The smallest absolute Gasteiger partial charge is 0.387 e. The van der Waals surface area contributed by atoms with Crippen LogP contribution < -0.4 is 4.74 Å². The fourth-order valence-corrected chi connectivity index (χ4v) is 1.36. The molecule has 0 aliphatic rings. The summed E-state index contributed by atoms with van der Waals surface area (Å²) in [5.41, 5.74) is 0.616. The Balaban J connectivity index is 2.19. The molecule has 1 aromatic heterocycles. The van der Waals surface area contributed by atoms with Gasteiger partial charge in [-0.1, -0.05) is 18.2 Å². The minimum atomic E-state index is -2.83. The second kappa shape index (κ2) is 4.74. The van der Waals surface area contributed by atoms with Gasteiger partial charge >= 0.3 is 6.61 Å². The molecule has 0 saturated carbocycles. The van der Waals surface area contributed by atoms with Gasteiger partial charge in [0.25, 0.3) is 0 Å². The molecule has 0 aliphatic carbocycles. The van der Waals surface area contributed by atoms with Crippen molar-refractivity contribution >= 4 is 0 Å². The summed E-state index contributed by atoms with van der Waals surface area (Å²) in [5.74, 6) is 0.612. The Kier molecular flexibility index (Phi) is 3.14. The second-order valence-electron chi connectivity index (χ2n) is 3.09. The SMILES string of the molecule is FC(F)Oc1ccccc1Cc1ncco1. The molecule has 5 heteroatoms. The lowest BCUT2D eigenvalue weighted by molar-refractivity contribution is -0.0504. The van der Waals surface area contributed by atoms with Gasteiger partial charge in [-0.05, 0) is 6.07 Å². The predicted molar refractivity (Wildman–Crippen MR) is 52.4 cm³/mol. The third-order valence-electron chi connectivity index (χ3n) is 2.01. The highest BCUT2D eigenvalue weighted by atomic mass is 19.3. The van der Waals surface area contributed by atoms with Crippen LogP contribution in [0, 0.1) is 0 Å². The molecule has 3 nitrogen and oxygen atoms in total. The van der Waals surface area contributed by atoms with Crippen LogP contribution in [0.1, 0.15) is 11.5 Å². The quantitative estimate of drug-likeness (QED) is 0.802. The maximum absolute atomic E-state index is 12.1. The van der Waals surface area contributed by atoms with Gasteiger partial charge in [0.1, 0.15) is 12.0 Å². The van der Waals surface area contributed by atoms with Gasteiger partial charge in [0.2, 0.25) is 0 Å². The summed E-state index contributed by atoms with van der Waals surface area (Å²) in [6.07, 6.45) is 3.27. The zero-order valence-corrected chi connectivity index (χ0v) is 8.27. The number of aromatic nitrogens is 1. The molecule has 0 amide bonds. The third kappa shape index (κ3) is 2.56. The van der Waals surface area contributed by atoms with Gasteiger partial charge < -0.3 is 9.15 Å². The highest BCUT2D eigenvalue weighted by molar-refractivity contribution is 5.35. The minimum Gasteiger partial charge on any atom is -0.449 e. The monoisotopic (exact) mass is 225 g/mol. The molecule has 0 aliphatic heterocycles. The van der Waals surface area contributed by atoms with Crippen molar-refractivity contribution in [1.29, 1.82) is 0 Å². The second-order valence-corrected chi connectivity index (χ2v) is 3.09. The lowest BCUT2D eigenvalue weighted by Crippen LogP contribution is -2.04. The maximum Gasteiger partial charge on any atom is 0.387 e. The van der Waals surface area contributed by atoms with Crippen molar-refractivity contribution in [2.45, 2.75) is 13.0 Å². The molecular weight excluding hydrogens is 216 g/mol. The summed E-state index contributed by atoms with van der Waals surface area (Å²) >= 11 is 0. The van der Waals surface area contributed by atoms with Gasteiger partial charge in [0.05, 0.1) is 12.6 Å². The van der Waals surface area contributed by atoms with Crippen LogP contribution in [0.15, 0.2) is 41.1 Å². The van der Waals surface area contributed by atoms with Crippen LogP contribution in [0.2, 0.25) is 0 Å². The molecule has 0 N–H and O–H groups in total. The van der Waals surface area contributed by atoms with Crippen molar-refractivity contribution in [1.82, 2.24) is 4.98 Å². The number of alkyl halides is 2. The van der Waals surface area contributed by atoms with E-state index >= 15 is 0 Å². The average molecular weight is 225 g/mol. The summed E-state index contributed by atoms with van der Waals surface area (Å²) in [5, 5.41) is 0. The Hall–Kier alpha value is -1.91. The molecule has 0 spiro atoms. The van der Waals surface area contributed by atoms with E-state index in [4.69, 9.17) is 4.42 Å². The lowest BCUT2D eigenvalue weighted by atomic mass is 10.1. The average Bonchev–Trinajstić information content (AvgIpc) is 2.73. The van der Waals surface area contributed by atoms with E-state index in [1.54, 1.807) is 18.2 Å². The van der Waals surface area contributed by atoms with E-state index in [0.29, 0.717) is 17.9 Å². The molecule has 0 saturated heterocycles. The van der Waals surface area contributed by atoms with Crippen molar-refractivity contribution in [3.63, 3.8) is 0 Å². The molecule has 0 radical (unpaired) electrons. The first-order chi connectivity index (χ1) is 7.75. The van der Waals surface area contributed by atoms with Gasteiger partial charge in [-0.15, -0.1) is 0 Å². The predicted octanol–water partition coefficient (Wildman–Crippen LogP) is 2.87. The van der Waals surface area contributed by atoms with E-state index < -0.39 is 6.61 Å². The number of benzene rings is 1. The molecule has 2 rings (SSSR count). The van der Waals surface area contributed by atoms with Crippen molar-refractivity contribution < 1.29 is 17.9 Å². The van der Waals surface area contributed by atoms with Gasteiger partial charge in [-0.3, -0.25) is 0 Å².